The van der Waals surface area contributed by atoms with Gasteiger partial charge in [0.1, 0.15) is 0 Å². The number of aromatic nitrogens is 4. The fourth-order valence-corrected chi connectivity index (χ4v) is 5.38. The molecule has 30 heavy (non-hydrogen) atoms. The Morgan fingerprint density at radius 3 is 2.63 bits per heavy atom. The van der Waals surface area contributed by atoms with Crippen LogP contribution < -0.4 is 5.32 Å². The lowest BCUT2D eigenvalue weighted by Gasteiger charge is -2.13. The van der Waals surface area contributed by atoms with Crippen molar-refractivity contribution in [1.29, 1.82) is 0 Å². The maximum atomic E-state index is 12.3. The van der Waals surface area contributed by atoms with Gasteiger partial charge in [0.2, 0.25) is 5.91 Å². The maximum Gasteiger partial charge on any atom is 0.224 e. The molecule has 0 unspecified atom stereocenters. The molecule has 0 radical (unpaired) electrons. The molecule has 156 valence electrons. The Balaban J connectivity index is 1.54. The lowest BCUT2D eigenvalue weighted by molar-refractivity contribution is -0.124. The monoisotopic (exact) mass is 425 g/mol. The maximum absolute atomic E-state index is 12.3. The van der Waals surface area contributed by atoms with Crippen LogP contribution in [0.3, 0.4) is 0 Å². The van der Waals surface area contributed by atoms with Crippen LogP contribution in [0.15, 0.2) is 49.1 Å². The summed E-state index contributed by atoms with van der Waals surface area (Å²) in [5.74, 6) is -0.645. The second kappa shape index (κ2) is 8.35. The molecule has 0 bridgehead atoms. The first kappa shape index (κ1) is 20.2. The van der Waals surface area contributed by atoms with Gasteiger partial charge >= 0.3 is 0 Å². The molecule has 3 aromatic rings. The van der Waals surface area contributed by atoms with Crippen molar-refractivity contribution in [3.8, 4) is 22.4 Å². The summed E-state index contributed by atoms with van der Waals surface area (Å²) in [5.41, 5.74) is 4.71. The molecular formula is C21H23N5O3S. The Bertz CT molecular complexity index is 1140. The van der Waals surface area contributed by atoms with Crippen molar-refractivity contribution in [1.82, 2.24) is 25.1 Å². The Morgan fingerprint density at radius 1 is 1.17 bits per heavy atom. The van der Waals surface area contributed by atoms with Gasteiger partial charge in [0.05, 0.1) is 35.9 Å². The van der Waals surface area contributed by atoms with Crippen LogP contribution in [0.25, 0.3) is 22.4 Å². The average molecular weight is 426 g/mol. The first-order valence-electron chi connectivity index (χ1n) is 9.80. The minimum absolute atomic E-state index is 0.0624. The van der Waals surface area contributed by atoms with E-state index in [4.69, 9.17) is 0 Å². The summed E-state index contributed by atoms with van der Waals surface area (Å²) in [6.45, 7) is 2.75. The molecule has 1 atom stereocenters. The molecule has 0 aromatic carbocycles. The predicted molar refractivity (Wildman–Crippen MR) is 113 cm³/mol. The summed E-state index contributed by atoms with van der Waals surface area (Å²) in [5, 5.41) is 7.39. The van der Waals surface area contributed by atoms with Gasteiger partial charge in [-0.3, -0.25) is 19.4 Å². The largest absolute Gasteiger partial charge is 0.354 e. The number of sulfone groups is 1. The minimum atomic E-state index is -3.08. The fourth-order valence-electron chi connectivity index (χ4n) is 3.64. The van der Waals surface area contributed by atoms with E-state index < -0.39 is 15.8 Å². The number of nitrogens with one attached hydrogen (secondary N) is 1. The van der Waals surface area contributed by atoms with Crippen LogP contribution >= 0.6 is 0 Å². The SMILES string of the molecule is Cc1ccc(-c2c(-c3ccncc3)cnn2CCNC(=O)[C@@H]2CCS(=O)(=O)C2)cn1. The quantitative estimate of drug-likeness (QED) is 0.646. The number of carbonyl (C=O) groups is 1. The summed E-state index contributed by atoms with van der Waals surface area (Å²) >= 11 is 0. The molecule has 0 aliphatic carbocycles. The molecule has 4 heterocycles. The Hall–Kier alpha value is -3.07. The standard InChI is InChI=1S/C21H23N5O3S/c1-15-2-3-17(12-24-15)20-19(16-4-7-22-8-5-16)13-25-26(20)10-9-23-21(27)18-6-11-30(28,29)14-18/h2-5,7-8,12-13,18H,6,9-11,14H2,1H3,(H,23,27)/t18-/m1/s1. The Labute approximate surface area is 175 Å². The molecule has 1 aliphatic heterocycles. The lowest BCUT2D eigenvalue weighted by Crippen LogP contribution is -2.33. The molecule has 8 nitrogen and oxygen atoms in total. The van der Waals surface area contributed by atoms with Crippen LogP contribution in [0.4, 0.5) is 0 Å². The van der Waals surface area contributed by atoms with E-state index in [0.717, 1.165) is 28.1 Å². The molecule has 3 aromatic heterocycles. The average Bonchev–Trinajstić information content (AvgIpc) is 3.32. The van der Waals surface area contributed by atoms with Crippen molar-refractivity contribution in [2.24, 2.45) is 5.92 Å². The molecule has 9 heteroatoms. The van der Waals surface area contributed by atoms with Gasteiger partial charge in [-0.25, -0.2) is 8.42 Å². The molecule has 1 N–H and O–H groups in total. The van der Waals surface area contributed by atoms with Crippen molar-refractivity contribution >= 4 is 15.7 Å². The van der Waals surface area contributed by atoms with Crippen LogP contribution in [0.5, 0.6) is 0 Å². The third kappa shape index (κ3) is 4.40. The third-order valence-electron chi connectivity index (χ3n) is 5.24. The van der Waals surface area contributed by atoms with E-state index in [1.807, 2.05) is 42.1 Å². The molecule has 1 amide bonds. The predicted octanol–water partition coefficient (Wildman–Crippen LogP) is 1.87. The molecule has 1 aliphatic rings. The van der Waals surface area contributed by atoms with Crippen LogP contribution in [0, 0.1) is 12.8 Å². The first-order chi connectivity index (χ1) is 14.4. The van der Waals surface area contributed by atoms with Crippen molar-refractivity contribution in [3.05, 3.63) is 54.7 Å². The van der Waals surface area contributed by atoms with E-state index in [1.54, 1.807) is 18.6 Å². The first-order valence-corrected chi connectivity index (χ1v) is 11.6. The van der Waals surface area contributed by atoms with Crippen molar-refractivity contribution < 1.29 is 13.2 Å². The molecular weight excluding hydrogens is 402 g/mol. The zero-order valence-electron chi connectivity index (χ0n) is 16.7. The van der Waals surface area contributed by atoms with Crippen LogP contribution in [0.1, 0.15) is 12.1 Å². The molecule has 0 spiro atoms. The van der Waals surface area contributed by atoms with Gasteiger partial charge in [-0.1, -0.05) is 0 Å². The number of rotatable bonds is 6. The van der Waals surface area contributed by atoms with Crippen LogP contribution in [0.2, 0.25) is 0 Å². The second-order valence-corrected chi connectivity index (χ2v) is 9.67. The Kier molecular flexibility index (Phi) is 5.63. The number of nitrogens with zero attached hydrogens (tertiary/aromatic N) is 4. The summed E-state index contributed by atoms with van der Waals surface area (Å²) in [4.78, 5) is 20.8. The van der Waals surface area contributed by atoms with E-state index in [2.05, 4.69) is 20.4 Å². The highest BCUT2D eigenvalue weighted by Gasteiger charge is 2.32. The van der Waals surface area contributed by atoms with Crippen molar-refractivity contribution in [3.63, 3.8) is 0 Å². The van der Waals surface area contributed by atoms with Gasteiger partial charge in [0.25, 0.3) is 0 Å². The third-order valence-corrected chi connectivity index (χ3v) is 7.01. The topological polar surface area (TPSA) is 107 Å². The lowest BCUT2D eigenvalue weighted by atomic mass is 10.0. The van der Waals surface area contributed by atoms with Gasteiger partial charge < -0.3 is 5.32 Å². The van der Waals surface area contributed by atoms with Gasteiger partial charge in [-0.05, 0) is 43.2 Å². The molecule has 0 saturated carbocycles. The van der Waals surface area contributed by atoms with E-state index in [-0.39, 0.29) is 17.4 Å². The summed E-state index contributed by atoms with van der Waals surface area (Å²) in [6, 6.07) is 7.80. The highest BCUT2D eigenvalue weighted by atomic mass is 32.2. The van der Waals surface area contributed by atoms with Gasteiger partial charge in [0, 0.05) is 42.0 Å². The molecule has 1 saturated heterocycles. The van der Waals surface area contributed by atoms with Crippen molar-refractivity contribution in [2.75, 3.05) is 18.1 Å². The number of amides is 1. The summed E-state index contributed by atoms with van der Waals surface area (Å²) in [6.07, 6.45) is 7.48. The smallest absolute Gasteiger partial charge is 0.224 e. The number of pyridine rings is 2. The zero-order chi connectivity index (χ0) is 21.1. The van der Waals surface area contributed by atoms with E-state index in [0.29, 0.717) is 19.5 Å². The zero-order valence-corrected chi connectivity index (χ0v) is 17.5. The summed E-state index contributed by atoms with van der Waals surface area (Å²) in [7, 11) is -3.08. The Morgan fingerprint density at radius 2 is 1.97 bits per heavy atom. The molecule has 1 fully saturated rings. The van der Waals surface area contributed by atoms with E-state index >= 15 is 0 Å². The number of hydrogen-bond acceptors (Lipinski definition) is 6. The minimum Gasteiger partial charge on any atom is -0.354 e. The summed E-state index contributed by atoms with van der Waals surface area (Å²) < 4.78 is 25.0. The number of aryl methyl sites for hydroxylation is 1. The van der Waals surface area contributed by atoms with Crippen molar-refractivity contribution in [2.45, 2.75) is 19.9 Å². The highest BCUT2D eigenvalue weighted by Crippen LogP contribution is 2.31. The fraction of sp³-hybridized carbons (Fsp3) is 0.333. The highest BCUT2D eigenvalue weighted by molar-refractivity contribution is 7.91. The van der Waals surface area contributed by atoms with E-state index in [1.165, 1.54) is 0 Å². The van der Waals surface area contributed by atoms with Crippen LogP contribution in [-0.4, -0.2) is 52.1 Å². The van der Waals surface area contributed by atoms with Gasteiger partial charge in [-0.15, -0.1) is 0 Å². The number of carbonyl (C=O) groups excluding carboxylic acids is 1. The molecule has 4 rings (SSSR count). The van der Waals surface area contributed by atoms with Gasteiger partial charge in [0.15, 0.2) is 9.84 Å². The van der Waals surface area contributed by atoms with E-state index in [9.17, 15) is 13.2 Å². The second-order valence-electron chi connectivity index (χ2n) is 7.45. The van der Waals surface area contributed by atoms with Gasteiger partial charge in [-0.2, -0.15) is 5.10 Å². The number of hydrogen-bond donors (Lipinski definition) is 1. The normalized spacial score (nSPS) is 17.7. The van der Waals surface area contributed by atoms with Crippen LogP contribution in [-0.2, 0) is 21.2 Å².